The number of carbonyl (C=O) groups excluding carboxylic acids is 1. The summed E-state index contributed by atoms with van der Waals surface area (Å²) in [5.74, 6) is -1.59. The summed E-state index contributed by atoms with van der Waals surface area (Å²) >= 11 is 0. The molecule has 1 amide bonds. The molecule has 1 aliphatic heterocycles. The van der Waals surface area contributed by atoms with Crippen molar-refractivity contribution >= 4 is 5.91 Å². The maximum absolute atomic E-state index is 12.9. The number of phenols is 1. The molecular formula is C16H23FN2O3. The number of nitrogens with one attached hydrogen (secondary N) is 1. The van der Waals surface area contributed by atoms with E-state index in [1.165, 1.54) is 6.07 Å². The lowest BCUT2D eigenvalue weighted by molar-refractivity contribution is 0.0868. The highest BCUT2D eigenvalue weighted by Crippen LogP contribution is 2.17. The van der Waals surface area contributed by atoms with Crippen molar-refractivity contribution in [2.75, 3.05) is 26.2 Å². The number of aliphatic hydroxyl groups is 1. The molecule has 0 bridgehead atoms. The molecule has 5 nitrogen and oxygen atoms in total. The fraction of sp³-hybridized carbons (Fsp3) is 0.562. The van der Waals surface area contributed by atoms with Crippen molar-refractivity contribution in [3.63, 3.8) is 0 Å². The Labute approximate surface area is 129 Å². The van der Waals surface area contributed by atoms with Crippen molar-refractivity contribution in [1.82, 2.24) is 10.2 Å². The lowest BCUT2D eigenvalue weighted by Crippen LogP contribution is -2.43. The van der Waals surface area contributed by atoms with Gasteiger partial charge in [0.25, 0.3) is 5.91 Å². The van der Waals surface area contributed by atoms with Crippen LogP contribution in [0.2, 0.25) is 0 Å². The van der Waals surface area contributed by atoms with Crippen LogP contribution in [-0.4, -0.2) is 53.3 Å². The van der Waals surface area contributed by atoms with Crippen LogP contribution in [-0.2, 0) is 0 Å². The van der Waals surface area contributed by atoms with Gasteiger partial charge in [-0.15, -0.1) is 0 Å². The van der Waals surface area contributed by atoms with Crippen LogP contribution in [0, 0.1) is 5.82 Å². The Kier molecular flexibility index (Phi) is 6.15. The Morgan fingerprint density at radius 3 is 2.95 bits per heavy atom. The maximum Gasteiger partial charge on any atom is 0.251 e. The number of aromatic hydroxyl groups is 1. The zero-order valence-corrected chi connectivity index (χ0v) is 12.6. The molecule has 3 N–H and O–H groups in total. The molecule has 6 heteroatoms. The van der Waals surface area contributed by atoms with Crippen LogP contribution in [0.4, 0.5) is 4.39 Å². The normalized spacial score (nSPS) is 19.1. The molecule has 122 valence electrons. The number of phenolic OH excluding ortho intramolecular Hbond substituents is 1. The summed E-state index contributed by atoms with van der Waals surface area (Å²) in [4.78, 5) is 14.1. The van der Waals surface area contributed by atoms with Crippen molar-refractivity contribution in [2.45, 2.75) is 31.7 Å². The lowest BCUT2D eigenvalue weighted by atomic mass is 10.0. The average molecular weight is 310 g/mol. The van der Waals surface area contributed by atoms with E-state index in [-0.39, 0.29) is 24.1 Å². The standard InChI is InChI=1S/C16H23FN2O3/c17-14-6-5-12(10-15(14)21)16(22)18-7-3-9-19-8-2-1-4-13(19)11-20/h5-6,10,13,20-21H,1-4,7-9,11H2,(H,18,22)/t13-/m0/s1. The molecule has 1 heterocycles. The monoisotopic (exact) mass is 310 g/mol. The number of piperidine rings is 1. The van der Waals surface area contributed by atoms with Gasteiger partial charge >= 0.3 is 0 Å². The maximum atomic E-state index is 12.9. The van der Waals surface area contributed by atoms with Gasteiger partial charge in [-0.1, -0.05) is 6.42 Å². The summed E-state index contributed by atoms with van der Waals surface area (Å²) in [6.45, 7) is 2.51. The second kappa shape index (κ2) is 8.10. The predicted molar refractivity (Wildman–Crippen MR) is 81.3 cm³/mol. The molecule has 1 saturated heterocycles. The number of hydrogen-bond acceptors (Lipinski definition) is 4. The summed E-state index contributed by atoms with van der Waals surface area (Å²) in [5.41, 5.74) is 0.241. The summed E-state index contributed by atoms with van der Waals surface area (Å²) in [5, 5.41) is 21.4. The Morgan fingerprint density at radius 2 is 2.23 bits per heavy atom. The Hall–Kier alpha value is -1.66. The summed E-state index contributed by atoms with van der Waals surface area (Å²) in [6, 6.07) is 3.77. The zero-order chi connectivity index (χ0) is 15.9. The summed E-state index contributed by atoms with van der Waals surface area (Å²) in [6.07, 6.45) is 4.12. The minimum absolute atomic E-state index is 0.182. The molecule has 0 radical (unpaired) electrons. The summed E-state index contributed by atoms with van der Waals surface area (Å²) < 4.78 is 12.9. The third-order valence-corrected chi connectivity index (χ3v) is 4.08. The number of aliphatic hydroxyl groups excluding tert-OH is 1. The smallest absolute Gasteiger partial charge is 0.251 e. The first kappa shape index (κ1) is 16.7. The zero-order valence-electron chi connectivity index (χ0n) is 12.6. The molecule has 0 saturated carbocycles. The molecule has 0 unspecified atom stereocenters. The molecule has 0 aromatic heterocycles. The third kappa shape index (κ3) is 4.42. The lowest BCUT2D eigenvalue weighted by Gasteiger charge is -2.34. The second-order valence-electron chi connectivity index (χ2n) is 5.64. The van der Waals surface area contributed by atoms with Crippen molar-refractivity contribution in [1.29, 1.82) is 0 Å². The van der Waals surface area contributed by atoms with Gasteiger partial charge in [0, 0.05) is 24.7 Å². The van der Waals surface area contributed by atoms with Crippen molar-refractivity contribution in [3.8, 4) is 5.75 Å². The van der Waals surface area contributed by atoms with Gasteiger partial charge in [0.1, 0.15) is 0 Å². The number of nitrogens with zero attached hydrogens (tertiary/aromatic N) is 1. The second-order valence-corrected chi connectivity index (χ2v) is 5.64. The van der Waals surface area contributed by atoms with E-state index >= 15 is 0 Å². The average Bonchev–Trinajstić information content (AvgIpc) is 2.54. The number of rotatable bonds is 6. The Bertz CT molecular complexity index is 510. The van der Waals surface area contributed by atoms with Gasteiger partial charge in [-0.25, -0.2) is 4.39 Å². The highest BCUT2D eigenvalue weighted by atomic mass is 19.1. The molecule has 2 rings (SSSR count). The van der Waals surface area contributed by atoms with E-state index in [9.17, 15) is 19.4 Å². The molecule has 0 spiro atoms. The van der Waals surface area contributed by atoms with E-state index < -0.39 is 11.6 Å². The van der Waals surface area contributed by atoms with Crippen LogP contribution in [0.15, 0.2) is 18.2 Å². The molecule has 0 aliphatic carbocycles. The van der Waals surface area contributed by atoms with E-state index in [2.05, 4.69) is 10.2 Å². The summed E-state index contributed by atoms with van der Waals surface area (Å²) in [7, 11) is 0. The largest absolute Gasteiger partial charge is 0.505 e. The third-order valence-electron chi connectivity index (χ3n) is 4.08. The van der Waals surface area contributed by atoms with Crippen LogP contribution >= 0.6 is 0 Å². The Morgan fingerprint density at radius 1 is 1.41 bits per heavy atom. The molecule has 1 atom stereocenters. The SMILES string of the molecule is O=C(NCCCN1CCCC[C@H]1CO)c1ccc(F)c(O)c1. The molecular weight excluding hydrogens is 287 g/mol. The van der Waals surface area contributed by atoms with E-state index in [4.69, 9.17) is 0 Å². The van der Waals surface area contributed by atoms with Crippen molar-refractivity contribution in [2.24, 2.45) is 0 Å². The quantitative estimate of drug-likeness (QED) is 0.696. The minimum atomic E-state index is -0.739. The van der Waals surface area contributed by atoms with E-state index in [1.54, 1.807) is 0 Å². The highest BCUT2D eigenvalue weighted by molar-refractivity contribution is 5.94. The molecule has 1 aliphatic rings. The van der Waals surface area contributed by atoms with Gasteiger partial charge in [-0.2, -0.15) is 0 Å². The number of likely N-dealkylation sites (tertiary alicyclic amines) is 1. The molecule has 1 aromatic carbocycles. The minimum Gasteiger partial charge on any atom is -0.505 e. The van der Waals surface area contributed by atoms with Gasteiger partial charge in [-0.3, -0.25) is 9.69 Å². The number of benzene rings is 1. The van der Waals surface area contributed by atoms with Crippen molar-refractivity contribution < 1.29 is 19.4 Å². The fourth-order valence-electron chi connectivity index (χ4n) is 2.80. The predicted octanol–water partition coefficient (Wildman–Crippen LogP) is 1.50. The van der Waals surface area contributed by atoms with Crippen LogP contribution in [0.3, 0.4) is 0 Å². The first-order valence-electron chi connectivity index (χ1n) is 7.73. The number of amides is 1. The number of halogens is 1. The number of carbonyl (C=O) groups is 1. The van der Waals surface area contributed by atoms with Gasteiger partial charge in [0.2, 0.25) is 0 Å². The van der Waals surface area contributed by atoms with E-state index in [0.717, 1.165) is 50.9 Å². The molecule has 22 heavy (non-hydrogen) atoms. The highest BCUT2D eigenvalue weighted by Gasteiger charge is 2.20. The van der Waals surface area contributed by atoms with Crippen LogP contribution in [0.5, 0.6) is 5.75 Å². The van der Waals surface area contributed by atoms with Gasteiger partial charge in [0.15, 0.2) is 11.6 Å². The Balaban J connectivity index is 1.73. The van der Waals surface area contributed by atoms with Gasteiger partial charge < -0.3 is 15.5 Å². The van der Waals surface area contributed by atoms with Crippen LogP contribution in [0.25, 0.3) is 0 Å². The van der Waals surface area contributed by atoms with Crippen molar-refractivity contribution in [3.05, 3.63) is 29.6 Å². The van der Waals surface area contributed by atoms with E-state index in [0.29, 0.717) is 6.54 Å². The van der Waals surface area contributed by atoms with Gasteiger partial charge in [0.05, 0.1) is 6.61 Å². The topological polar surface area (TPSA) is 72.8 Å². The van der Waals surface area contributed by atoms with Crippen LogP contribution < -0.4 is 5.32 Å². The first-order chi connectivity index (χ1) is 10.6. The van der Waals surface area contributed by atoms with E-state index in [1.807, 2.05) is 0 Å². The number of hydrogen-bond donors (Lipinski definition) is 3. The molecule has 1 fully saturated rings. The first-order valence-corrected chi connectivity index (χ1v) is 7.73. The molecule has 1 aromatic rings. The van der Waals surface area contributed by atoms with Crippen LogP contribution in [0.1, 0.15) is 36.0 Å². The fourth-order valence-corrected chi connectivity index (χ4v) is 2.80. The van der Waals surface area contributed by atoms with Gasteiger partial charge in [-0.05, 0) is 44.0 Å².